The normalized spacial score (nSPS) is 13.9. The molecule has 1 aromatic rings. The Balaban J connectivity index is 3.14. The smallest absolute Gasteiger partial charge is 0.131 e. The van der Waals surface area contributed by atoms with Crippen molar-refractivity contribution in [1.29, 1.82) is 0 Å². The Hall–Kier alpha value is -1.04. The van der Waals surface area contributed by atoms with Crippen LogP contribution in [0.1, 0.15) is 25.5 Å². The molecule has 3 nitrogen and oxygen atoms in total. The van der Waals surface area contributed by atoms with E-state index in [1.54, 1.807) is 13.8 Å². The topological polar surface area (TPSA) is 47.3 Å². The second kappa shape index (κ2) is 4.86. The highest BCUT2D eigenvalue weighted by Gasteiger charge is 2.31. The van der Waals surface area contributed by atoms with Crippen molar-refractivity contribution in [3.8, 4) is 0 Å². The Morgan fingerprint density at radius 3 is 2.44 bits per heavy atom. The molecule has 1 atom stereocenters. The molecule has 3 N–H and O–H groups in total. The third-order valence-electron chi connectivity index (χ3n) is 2.66. The molecule has 0 amide bonds. The molecule has 0 fully saturated rings. The highest BCUT2D eigenvalue weighted by Crippen LogP contribution is 2.29. The predicted octanol–water partition coefficient (Wildman–Crippen LogP) is 1.89. The van der Waals surface area contributed by atoms with Crippen LogP contribution in [0, 0.1) is 11.6 Å². The maximum Gasteiger partial charge on any atom is 0.131 e. The van der Waals surface area contributed by atoms with E-state index in [0.717, 1.165) is 6.07 Å². The van der Waals surface area contributed by atoms with Gasteiger partial charge in [0.1, 0.15) is 11.6 Å². The average molecular weight is 230 g/mol. The lowest BCUT2D eigenvalue weighted by molar-refractivity contribution is -0.0121. The zero-order valence-electron chi connectivity index (χ0n) is 9.55. The lowest BCUT2D eigenvalue weighted by Crippen LogP contribution is -2.44. The van der Waals surface area contributed by atoms with E-state index in [-0.39, 0.29) is 5.56 Å². The van der Waals surface area contributed by atoms with Gasteiger partial charge in [-0.2, -0.15) is 0 Å². The van der Waals surface area contributed by atoms with Crippen molar-refractivity contribution in [3.05, 3.63) is 35.4 Å². The number of hydrogen-bond donors (Lipinski definition) is 2. The molecular weight excluding hydrogens is 214 g/mol. The van der Waals surface area contributed by atoms with Crippen LogP contribution in [0.25, 0.3) is 0 Å². The Labute approximate surface area is 93.6 Å². The van der Waals surface area contributed by atoms with Gasteiger partial charge in [0.05, 0.1) is 11.6 Å². The summed E-state index contributed by atoms with van der Waals surface area (Å²) in [5, 5.41) is 0. The van der Waals surface area contributed by atoms with Crippen LogP contribution in [0.3, 0.4) is 0 Å². The second-order valence-corrected chi connectivity index (χ2v) is 4.07. The van der Waals surface area contributed by atoms with Crippen molar-refractivity contribution in [3.63, 3.8) is 0 Å². The number of halogens is 2. The molecule has 0 bridgehead atoms. The molecule has 1 unspecified atom stereocenters. The molecule has 0 saturated carbocycles. The van der Waals surface area contributed by atoms with Crippen LogP contribution >= 0.6 is 0 Å². The summed E-state index contributed by atoms with van der Waals surface area (Å²) in [6.07, 6.45) is 0. The summed E-state index contributed by atoms with van der Waals surface area (Å²) in [4.78, 5) is 0. The van der Waals surface area contributed by atoms with Crippen LogP contribution in [0.5, 0.6) is 0 Å². The summed E-state index contributed by atoms with van der Waals surface area (Å²) in [6.45, 7) is 3.53. The first-order chi connectivity index (χ1) is 7.42. The van der Waals surface area contributed by atoms with Gasteiger partial charge >= 0.3 is 0 Å². The van der Waals surface area contributed by atoms with Crippen molar-refractivity contribution in [2.45, 2.75) is 25.5 Å². The molecule has 16 heavy (non-hydrogen) atoms. The fourth-order valence-electron chi connectivity index (χ4n) is 1.52. The van der Waals surface area contributed by atoms with Crippen molar-refractivity contribution in [1.82, 2.24) is 5.43 Å². The summed E-state index contributed by atoms with van der Waals surface area (Å²) in [6, 6.07) is 2.81. The van der Waals surface area contributed by atoms with Crippen LogP contribution in [-0.4, -0.2) is 12.7 Å². The first-order valence-electron chi connectivity index (χ1n) is 4.88. The minimum Gasteiger partial charge on any atom is -0.377 e. The number of nitrogens with one attached hydrogen (secondary N) is 1. The van der Waals surface area contributed by atoms with Crippen molar-refractivity contribution in [2.75, 3.05) is 7.11 Å². The predicted molar refractivity (Wildman–Crippen MR) is 57.5 cm³/mol. The summed E-state index contributed by atoms with van der Waals surface area (Å²) in [7, 11) is 1.51. The van der Waals surface area contributed by atoms with Gasteiger partial charge in [-0.3, -0.25) is 5.84 Å². The Kier molecular flexibility index (Phi) is 3.96. The van der Waals surface area contributed by atoms with E-state index in [1.807, 2.05) is 0 Å². The molecule has 1 rings (SSSR count). The molecule has 0 spiro atoms. The zero-order chi connectivity index (χ0) is 12.3. The molecule has 1 aromatic carbocycles. The molecule has 0 aliphatic heterocycles. The maximum atomic E-state index is 13.6. The average Bonchev–Trinajstić information content (AvgIpc) is 2.22. The fourth-order valence-corrected chi connectivity index (χ4v) is 1.52. The van der Waals surface area contributed by atoms with Gasteiger partial charge in [0.25, 0.3) is 0 Å². The van der Waals surface area contributed by atoms with Gasteiger partial charge in [-0.05, 0) is 19.9 Å². The SMILES string of the molecule is COC(C)(C)C(NN)c1ccc(F)cc1F. The summed E-state index contributed by atoms with van der Waals surface area (Å²) < 4.78 is 31.6. The van der Waals surface area contributed by atoms with Crippen LogP contribution < -0.4 is 11.3 Å². The van der Waals surface area contributed by atoms with E-state index in [2.05, 4.69) is 5.43 Å². The van der Waals surface area contributed by atoms with Gasteiger partial charge in [0.15, 0.2) is 0 Å². The van der Waals surface area contributed by atoms with E-state index in [0.29, 0.717) is 0 Å². The fraction of sp³-hybridized carbons (Fsp3) is 0.455. The Morgan fingerprint density at radius 2 is 2.00 bits per heavy atom. The van der Waals surface area contributed by atoms with Gasteiger partial charge in [-0.1, -0.05) is 6.07 Å². The Bertz CT molecular complexity index is 369. The number of benzene rings is 1. The summed E-state index contributed by atoms with van der Waals surface area (Å²) >= 11 is 0. The van der Waals surface area contributed by atoms with Crippen molar-refractivity contribution in [2.24, 2.45) is 5.84 Å². The lowest BCUT2D eigenvalue weighted by Gasteiger charge is -2.33. The first kappa shape index (κ1) is 13.0. The largest absolute Gasteiger partial charge is 0.377 e. The molecule has 0 aromatic heterocycles. The third kappa shape index (κ3) is 2.55. The molecule has 0 heterocycles. The highest BCUT2D eigenvalue weighted by atomic mass is 19.1. The molecule has 0 saturated heterocycles. The van der Waals surface area contributed by atoms with Crippen LogP contribution in [0.2, 0.25) is 0 Å². The highest BCUT2D eigenvalue weighted by molar-refractivity contribution is 5.24. The number of methoxy groups -OCH3 is 1. The van der Waals surface area contributed by atoms with Gasteiger partial charge in [0.2, 0.25) is 0 Å². The number of hydrogen-bond acceptors (Lipinski definition) is 3. The van der Waals surface area contributed by atoms with E-state index in [4.69, 9.17) is 10.6 Å². The van der Waals surface area contributed by atoms with Gasteiger partial charge in [0, 0.05) is 18.7 Å². The van der Waals surface area contributed by atoms with Crippen LogP contribution in [0.4, 0.5) is 8.78 Å². The third-order valence-corrected chi connectivity index (χ3v) is 2.66. The molecular formula is C11H16F2N2O. The van der Waals surface area contributed by atoms with Gasteiger partial charge in [-0.15, -0.1) is 0 Å². The van der Waals surface area contributed by atoms with Crippen LogP contribution in [-0.2, 0) is 4.74 Å². The number of ether oxygens (including phenoxy) is 1. The molecule has 90 valence electrons. The quantitative estimate of drug-likeness (QED) is 0.613. The minimum atomic E-state index is -0.701. The number of hydrazine groups is 1. The molecule has 5 heteroatoms. The van der Waals surface area contributed by atoms with Crippen molar-refractivity contribution >= 4 is 0 Å². The number of nitrogens with two attached hydrogens (primary N) is 1. The monoisotopic (exact) mass is 230 g/mol. The van der Waals surface area contributed by atoms with E-state index in [1.165, 1.54) is 19.2 Å². The lowest BCUT2D eigenvalue weighted by atomic mass is 9.92. The first-order valence-corrected chi connectivity index (χ1v) is 4.88. The standard InChI is InChI=1S/C11H16F2N2O/c1-11(2,16-3)10(15-14)8-5-4-7(12)6-9(8)13/h4-6,10,15H,14H2,1-3H3. The molecule has 0 aliphatic rings. The minimum absolute atomic E-state index is 0.274. The van der Waals surface area contributed by atoms with E-state index >= 15 is 0 Å². The van der Waals surface area contributed by atoms with E-state index < -0.39 is 23.3 Å². The van der Waals surface area contributed by atoms with Crippen molar-refractivity contribution < 1.29 is 13.5 Å². The van der Waals surface area contributed by atoms with Crippen LogP contribution in [0.15, 0.2) is 18.2 Å². The zero-order valence-corrected chi connectivity index (χ0v) is 9.55. The molecule has 0 radical (unpaired) electrons. The summed E-state index contributed by atoms with van der Waals surface area (Å²) in [5.74, 6) is 4.12. The van der Waals surface area contributed by atoms with Gasteiger partial charge < -0.3 is 4.74 Å². The second-order valence-electron chi connectivity index (χ2n) is 4.07. The maximum absolute atomic E-state index is 13.6. The summed E-state index contributed by atoms with van der Waals surface area (Å²) in [5.41, 5.74) is 2.06. The molecule has 0 aliphatic carbocycles. The Morgan fingerprint density at radius 1 is 1.38 bits per heavy atom. The van der Waals surface area contributed by atoms with Gasteiger partial charge in [-0.25, -0.2) is 14.2 Å². The van der Waals surface area contributed by atoms with E-state index in [9.17, 15) is 8.78 Å². The number of rotatable bonds is 4.